The summed E-state index contributed by atoms with van der Waals surface area (Å²) in [5, 5.41) is 2.62. The number of anilines is 2. The van der Waals surface area contributed by atoms with Crippen molar-refractivity contribution in [1.82, 2.24) is 4.31 Å². The number of rotatable bonds is 11. The van der Waals surface area contributed by atoms with Crippen LogP contribution in [0.4, 0.5) is 11.4 Å². The summed E-state index contributed by atoms with van der Waals surface area (Å²) < 4.78 is 77.4. The Kier molecular flexibility index (Phi) is 9.38. The number of nitrogens with one attached hydrogen (secondary N) is 1. The third kappa shape index (κ3) is 6.56. The molecule has 1 saturated heterocycles. The lowest BCUT2D eigenvalue weighted by molar-refractivity contribution is -0.114. The first-order valence-electron chi connectivity index (χ1n) is 12.5. The number of carbonyl (C=O) groups excluding carboxylic acids is 1. The van der Waals surface area contributed by atoms with Gasteiger partial charge in [-0.05, 0) is 42.5 Å². The van der Waals surface area contributed by atoms with Gasteiger partial charge in [0.2, 0.25) is 15.9 Å². The van der Waals surface area contributed by atoms with Crippen LogP contribution < -0.4 is 23.8 Å². The fourth-order valence-electron chi connectivity index (χ4n) is 4.23. The normalized spacial score (nSPS) is 14.2. The molecule has 1 heterocycles. The smallest absolute Gasteiger partial charge is 0.264 e. The quantitative estimate of drug-likeness (QED) is 0.349. The van der Waals surface area contributed by atoms with Gasteiger partial charge in [0.15, 0.2) is 11.5 Å². The highest BCUT2D eigenvalue weighted by atomic mass is 32.2. The molecule has 41 heavy (non-hydrogen) atoms. The third-order valence-corrected chi connectivity index (χ3v) is 10.0. The first-order valence-corrected chi connectivity index (χ1v) is 15.4. The minimum absolute atomic E-state index is 0.0223. The van der Waals surface area contributed by atoms with Crippen molar-refractivity contribution in [2.75, 3.05) is 63.8 Å². The zero-order chi connectivity index (χ0) is 29.6. The van der Waals surface area contributed by atoms with Crippen LogP contribution in [0, 0.1) is 0 Å². The van der Waals surface area contributed by atoms with Gasteiger partial charge in [0.1, 0.15) is 17.2 Å². The Bertz CT molecular complexity index is 1590. The van der Waals surface area contributed by atoms with Gasteiger partial charge >= 0.3 is 0 Å². The summed E-state index contributed by atoms with van der Waals surface area (Å²) in [5.74, 6) is 0.0454. The molecular formula is C27H31N3O9S2. The molecule has 0 saturated carbocycles. The lowest BCUT2D eigenvalue weighted by Gasteiger charge is -2.27. The molecule has 4 rings (SSSR count). The van der Waals surface area contributed by atoms with E-state index in [9.17, 15) is 21.6 Å². The van der Waals surface area contributed by atoms with Crippen molar-refractivity contribution in [1.29, 1.82) is 0 Å². The average Bonchev–Trinajstić information content (AvgIpc) is 3.00. The van der Waals surface area contributed by atoms with Gasteiger partial charge in [-0.1, -0.05) is 18.2 Å². The summed E-state index contributed by atoms with van der Waals surface area (Å²) in [4.78, 5) is 13.1. The Morgan fingerprint density at radius 3 is 2.12 bits per heavy atom. The minimum atomic E-state index is -4.20. The van der Waals surface area contributed by atoms with Gasteiger partial charge in [0, 0.05) is 24.8 Å². The van der Waals surface area contributed by atoms with E-state index in [1.807, 2.05) is 0 Å². The van der Waals surface area contributed by atoms with Crippen molar-refractivity contribution in [3.05, 3.63) is 66.7 Å². The molecule has 0 unspecified atom stereocenters. The predicted octanol–water partition coefficient (Wildman–Crippen LogP) is 2.57. The molecule has 3 aromatic rings. The maximum Gasteiger partial charge on any atom is 0.264 e. The molecule has 1 aliphatic rings. The number of methoxy groups -OCH3 is 3. The highest BCUT2D eigenvalue weighted by molar-refractivity contribution is 7.92. The Labute approximate surface area is 239 Å². The Morgan fingerprint density at radius 2 is 1.49 bits per heavy atom. The molecule has 0 radical (unpaired) electrons. The second-order valence-corrected chi connectivity index (χ2v) is 12.6. The topological polar surface area (TPSA) is 141 Å². The first-order chi connectivity index (χ1) is 19.6. The van der Waals surface area contributed by atoms with E-state index in [0.29, 0.717) is 5.75 Å². The monoisotopic (exact) mass is 605 g/mol. The maximum atomic E-state index is 13.7. The van der Waals surface area contributed by atoms with E-state index in [-0.39, 0.29) is 59.0 Å². The van der Waals surface area contributed by atoms with Gasteiger partial charge in [-0.2, -0.15) is 4.31 Å². The molecule has 1 fully saturated rings. The van der Waals surface area contributed by atoms with Crippen LogP contribution >= 0.6 is 0 Å². The van der Waals surface area contributed by atoms with Gasteiger partial charge in [-0.15, -0.1) is 0 Å². The molecule has 14 heteroatoms. The van der Waals surface area contributed by atoms with Gasteiger partial charge < -0.3 is 24.3 Å². The predicted molar refractivity (Wildman–Crippen MR) is 152 cm³/mol. The van der Waals surface area contributed by atoms with Crippen molar-refractivity contribution in [3.63, 3.8) is 0 Å². The van der Waals surface area contributed by atoms with Crippen LogP contribution in [0.1, 0.15) is 0 Å². The molecule has 12 nitrogen and oxygen atoms in total. The van der Waals surface area contributed by atoms with Gasteiger partial charge in [-0.25, -0.2) is 16.8 Å². The third-order valence-electron chi connectivity index (χ3n) is 6.31. The molecule has 0 bridgehead atoms. The van der Waals surface area contributed by atoms with Crippen LogP contribution in [0.25, 0.3) is 0 Å². The van der Waals surface area contributed by atoms with Gasteiger partial charge in [0.05, 0.1) is 45.1 Å². The van der Waals surface area contributed by atoms with Crippen LogP contribution in [0.5, 0.6) is 17.2 Å². The molecule has 3 aromatic carbocycles. The van der Waals surface area contributed by atoms with E-state index < -0.39 is 32.5 Å². The highest BCUT2D eigenvalue weighted by Crippen LogP contribution is 2.34. The van der Waals surface area contributed by atoms with E-state index in [1.54, 1.807) is 18.2 Å². The fraction of sp³-hybridized carbons (Fsp3) is 0.296. The van der Waals surface area contributed by atoms with E-state index in [1.165, 1.54) is 74.2 Å². The lowest BCUT2D eigenvalue weighted by Crippen LogP contribution is -2.40. The van der Waals surface area contributed by atoms with Crippen molar-refractivity contribution in [3.8, 4) is 17.2 Å². The number of hydrogen-bond acceptors (Lipinski definition) is 9. The van der Waals surface area contributed by atoms with E-state index in [2.05, 4.69) is 5.32 Å². The standard InChI is InChI=1S/C27H31N3O9S2/c1-36-23-12-10-21(18-25(23)38-3)30(40(32,33)22-7-5-4-6-8-22)19-27(31)28-20-9-11-24(37-2)26(17-20)41(34,35)29-13-15-39-16-14-29/h4-12,17-18H,13-16,19H2,1-3H3,(H,28,31). The van der Waals surface area contributed by atoms with Crippen molar-refractivity contribution in [2.45, 2.75) is 9.79 Å². The summed E-state index contributed by atoms with van der Waals surface area (Å²) in [7, 11) is -3.95. The summed E-state index contributed by atoms with van der Waals surface area (Å²) in [5.41, 5.74) is 0.305. The molecule has 1 amide bonds. The number of hydrogen-bond donors (Lipinski definition) is 1. The van der Waals surface area contributed by atoms with Crippen LogP contribution in [-0.2, 0) is 29.6 Å². The van der Waals surface area contributed by atoms with Crippen LogP contribution in [0.15, 0.2) is 76.5 Å². The molecule has 0 aliphatic carbocycles. The number of carbonyl (C=O) groups is 1. The van der Waals surface area contributed by atoms with Crippen molar-refractivity contribution >= 4 is 37.3 Å². The summed E-state index contributed by atoms with van der Waals surface area (Å²) in [6.07, 6.45) is 0. The summed E-state index contributed by atoms with van der Waals surface area (Å²) in [6, 6.07) is 16.3. The number of nitrogens with zero attached hydrogens (tertiary/aromatic N) is 2. The number of sulfonamides is 2. The van der Waals surface area contributed by atoms with Crippen LogP contribution in [-0.4, -0.2) is 81.2 Å². The van der Waals surface area contributed by atoms with Crippen LogP contribution in [0.3, 0.4) is 0 Å². The zero-order valence-electron chi connectivity index (χ0n) is 22.8. The second-order valence-electron chi connectivity index (χ2n) is 8.79. The summed E-state index contributed by atoms with van der Waals surface area (Å²) in [6.45, 7) is 0.267. The second kappa shape index (κ2) is 12.8. The average molecular weight is 606 g/mol. The number of morpholine rings is 1. The Hall–Kier alpha value is -3.85. The van der Waals surface area contributed by atoms with E-state index in [0.717, 1.165) is 4.31 Å². The van der Waals surface area contributed by atoms with Crippen molar-refractivity contribution in [2.24, 2.45) is 0 Å². The molecular weight excluding hydrogens is 574 g/mol. The summed E-state index contributed by atoms with van der Waals surface area (Å²) >= 11 is 0. The van der Waals surface area contributed by atoms with Crippen LogP contribution in [0.2, 0.25) is 0 Å². The molecule has 0 spiro atoms. The Balaban J connectivity index is 1.67. The molecule has 1 N–H and O–H groups in total. The molecule has 220 valence electrons. The maximum absolute atomic E-state index is 13.7. The van der Waals surface area contributed by atoms with Gasteiger partial charge in [-0.3, -0.25) is 9.10 Å². The largest absolute Gasteiger partial charge is 0.495 e. The molecule has 0 aromatic heterocycles. The van der Waals surface area contributed by atoms with E-state index in [4.69, 9.17) is 18.9 Å². The molecule has 0 atom stereocenters. The minimum Gasteiger partial charge on any atom is -0.495 e. The first kappa shape index (κ1) is 30.1. The zero-order valence-corrected chi connectivity index (χ0v) is 24.4. The number of benzene rings is 3. The fourth-order valence-corrected chi connectivity index (χ4v) is 7.25. The highest BCUT2D eigenvalue weighted by Gasteiger charge is 2.31. The Morgan fingerprint density at radius 1 is 0.854 bits per heavy atom. The van der Waals surface area contributed by atoms with E-state index >= 15 is 0 Å². The van der Waals surface area contributed by atoms with Crippen molar-refractivity contribution < 1.29 is 40.6 Å². The number of amides is 1. The SMILES string of the molecule is COc1ccc(N(CC(=O)Nc2ccc(OC)c(S(=O)(=O)N3CCOCC3)c2)S(=O)(=O)c2ccccc2)cc1OC. The number of ether oxygens (including phenoxy) is 4. The lowest BCUT2D eigenvalue weighted by atomic mass is 10.2. The molecule has 1 aliphatic heterocycles. The van der Waals surface area contributed by atoms with Gasteiger partial charge in [0.25, 0.3) is 10.0 Å².